The van der Waals surface area contributed by atoms with Crippen molar-refractivity contribution in [3.8, 4) is 0 Å². The van der Waals surface area contributed by atoms with Crippen LogP contribution in [0.3, 0.4) is 0 Å². The van der Waals surface area contributed by atoms with Crippen LogP contribution in [0.1, 0.15) is 76.2 Å². The van der Waals surface area contributed by atoms with Gasteiger partial charge in [-0.15, -0.1) is 0 Å². The van der Waals surface area contributed by atoms with E-state index in [9.17, 15) is 14.7 Å². The molecule has 1 aromatic carbocycles. The number of hydrogen-bond acceptors (Lipinski definition) is 4. The number of halogens is 2. The van der Waals surface area contributed by atoms with Crippen molar-refractivity contribution >= 4 is 23.7 Å². The monoisotopic (exact) mass is 526 g/mol. The molecular weight excluding hydrogens is 487 g/mol. The van der Waals surface area contributed by atoms with Crippen molar-refractivity contribution in [2.45, 2.75) is 76.2 Å². The summed E-state index contributed by atoms with van der Waals surface area (Å²) in [6.45, 7) is 1.33. The molecule has 1 saturated carbocycles. The lowest BCUT2D eigenvalue weighted by Gasteiger charge is -2.43. The largest absolute Gasteiger partial charge is 0.465 e. The highest BCUT2D eigenvalue weighted by molar-refractivity contribution is 6.30. The van der Waals surface area contributed by atoms with Crippen LogP contribution in [0.25, 0.3) is 0 Å². The third-order valence-electron chi connectivity index (χ3n) is 7.78. The zero-order valence-electron chi connectivity index (χ0n) is 20.9. The Hall–Kier alpha value is -2.10. The lowest BCUT2D eigenvalue weighted by molar-refractivity contribution is -0.0590. The van der Waals surface area contributed by atoms with E-state index in [0.29, 0.717) is 32.4 Å². The normalized spacial score (nSPS) is 20.6. The molecular formula is C26H40ClFN4O4. The van der Waals surface area contributed by atoms with Gasteiger partial charge in [-0.05, 0) is 50.5 Å². The predicted octanol–water partition coefficient (Wildman–Crippen LogP) is 5.08. The summed E-state index contributed by atoms with van der Waals surface area (Å²) in [6, 6.07) is 4.22. The molecule has 202 valence electrons. The van der Waals surface area contributed by atoms with Crippen LogP contribution in [0.15, 0.2) is 18.2 Å². The summed E-state index contributed by atoms with van der Waals surface area (Å²) in [7, 11) is 0. The molecule has 1 saturated heterocycles. The number of amides is 3. The molecule has 2 fully saturated rings. The second-order valence-corrected chi connectivity index (χ2v) is 10.7. The van der Waals surface area contributed by atoms with Gasteiger partial charge >= 0.3 is 12.1 Å². The number of carbonyl (C=O) groups is 2. The maximum atomic E-state index is 15.1. The summed E-state index contributed by atoms with van der Waals surface area (Å²) in [5.41, 5.74) is -1.55. The molecule has 1 aliphatic carbocycles. The molecule has 1 aliphatic heterocycles. The maximum Gasteiger partial charge on any atom is 0.404 e. The van der Waals surface area contributed by atoms with Crippen LogP contribution in [0.4, 0.5) is 14.0 Å². The number of carboxylic acid groups (broad SMARTS) is 1. The maximum absolute atomic E-state index is 15.1. The van der Waals surface area contributed by atoms with E-state index in [1.165, 1.54) is 49.2 Å². The van der Waals surface area contributed by atoms with Gasteiger partial charge in [-0.3, -0.25) is 5.01 Å². The molecule has 0 spiro atoms. The van der Waals surface area contributed by atoms with Crippen LogP contribution in [0.2, 0.25) is 5.02 Å². The number of benzene rings is 1. The highest BCUT2D eigenvalue weighted by atomic mass is 35.5. The van der Waals surface area contributed by atoms with Gasteiger partial charge in [0, 0.05) is 37.7 Å². The summed E-state index contributed by atoms with van der Waals surface area (Å²) in [5, 5.41) is 24.2. The number of rotatable bonds is 10. The molecule has 0 bridgehead atoms. The van der Waals surface area contributed by atoms with Gasteiger partial charge in [0.15, 0.2) is 0 Å². The minimum Gasteiger partial charge on any atom is -0.465 e. The zero-order valence-corrected chi connectivity index (χ0v) is 21.7. The first-order valence-electron chi connectivity index (χ1n) is 13.2. The highest BCUT2D eigenvalue weighted by Gasteiger charge is 2.43. The quantitative estimate of drug-likeness (QED) is 0.147. The van der Waals surface area contributed by atoms with Crippen LogP contribution >= 0.6 is 11.6 Å². The summed E-state index contributed by atoms with van der Waals surface area (Å²) in [4.78, 5) is 25.6. The third-order valence-corrected chi connectivity index (χ3v) is 8.07. The number of aliphatic hydroxyl groups is 1. The van der Waals surface area contributed by atoms with Gasteiger partial charge in [0.2, 0.25) is 0 Å². The van der Waals surface area contributed by atoms with E-state index in [1.807, 2.05) is 0 Å². The number of urea groups is 1. The molecule has 1 aromatic rings. The Bertz CT molecular complexity index is 886. The molecule has 2 atom stereocenters. The molecule has 36 heavy (non-hydrogen) atoms. The topological polar surface area (TPSA) is 119 Å². The van der Waals surface area contributed by atoms with Crippen molar-refractivity contribution in [1.29, 1.82) is 0 Å². The lowest BCUT2D eigenvalue weighted by atomic mass is 9.74. The summed E-state index contributed by atoms with van der Waals surface area (Å²) in [5.74, 6) is 5.71. The van der Waals surface area contributed by atoms with Gasteiger partial charge in [-0.25, -0.2) is 19.8 Å². The molecule has 5 N–H and O–H groups in total. The second kappa shape index (κ2) is 13.4. The summed E-state index contributed by atoms with van der Waals surface area (Å²) in [6.07, 6.45) is 8.81. The van der Waals surface area contributed by atoms with Gasteiger partial charge in [0.05, 0.1) is 10.6 Å². The van der Waals surface area contributed by atoms with Crippen molar-refractivity contribution in [2.24, 2.45) is 17.7 Å². The average molecular weight is 527 g/mol. The molecule has 3 rings (SSSR count). The molecule has 8 nitrogen and oxygen atoms in total. The fraction of sp³-hybridized carbons (Fsp3) is 0.692. The predicted molar refractivity (Wildman–Crippen MR) is 137 cm³/mol. The first-order valence-corrected chi connectivity index (χ1v) is 13.5. The molecule has 3 amide bonds. The van der Waals surface area contributed by atoms with Gasteiger partial charge in [0.1, 0.15) is 5.82 Å². The Morgan fingerprint density at radius 3 is 2.67 bits per heavy atom. The smallest absolute Gasteiger partial charge is 0.404 e. The molecule has 0 aromatic heterocycles. The first-order chi connectivity index (χ1) is 17.2. The summed E-state index contributed by atoms with van der Waals surface area (Å²) < 4.78 is 15.1. The number of piperidine rings is 1. The number of nitrogens with two attached hydrogens (primary N) is 1. The van der Waals surface area contributed by atoms with E-state index in [4.69, 9.17) is 22.6 Å². The van der Waals surface area contributed by atoms with Crippen molar-refractivity contribution < 1.29 is 24.2 Å². The fourth-order valence-electron chi connectivity index (χ4n) is 5.79. The van der Waals surface area contributed by atoms with Gasteiger partial charge in [-0.2, -0.15) is 0 Å². The standard InChI is InChI=1S/C26H40ClFN4O4/c27-22-13-4-12-21(23(22)28)26(36,14-7-15-30-24(33)34)20-11-6-16-31(18-20)25(35)32(29)17-5-10-19-8-2-1-3-9-19/h4,12-13,19-20,30,36H,1-3,5-11,14-18,29H2,(H,33,34). The number of nitrogens with one attached hydrogen (secondary N) is 1. The van der Waals surface area contributed by atoms with Crippen molar-refractivity contribution in [3.05, 3.63) is 34.6 Å². The minimum absolute atomic E-state index is 0.0710. The number of hydrogen-bond donors (Lipinski definition) is 4. The Labute approximate surface area is 217 Å². The van der Waals surface area contributed by atoms with Gasteiger partial charge in [0.25, 0.3) is 0 Å². The summed E-state index contributed by atoms with van der Waals surface area (Å²) >= 11 is 6.02. The molecule has 10 heteroatoms. The van der Waals surface area contributed by atoms with E-state index in [-0.39, 0.29) is 36.1 Å². The number of carbonyl (C=O) groups excluding carboxylic acids is 1. The van der Waals surface area contributed by atoms with E-state index in [2.05, 4.69) is 5.32 Å². The van der Waals surface area contributed by atoms with Crippen LogP contribution in [-0.2, 0) is 5.60 Å². The minimum atomic E-state index is -1.62. The Kier molecular flexibility index (Phi) is 10.6. The van der Waals surface area contributed by atoms with E-state index in [0.717, 1.165) is 18.8 Å². The van der Waals surface area contributed by atoms with Crippen molar-refractivity contribution in [3.63, 3.8) is 0 Å². The van der Waals surface area contributed by atoms with Crippen LogP contribution in [-0.4, -0.2) is 58.4 Å². The van der Waals surface area contributed by atoms with Crippen LogP contribution in [0.5, 0.6) is 0 Å². The lowest BCUT2D eigenvalue weighted by Crippen LogP contribution is -2.54. The zero-order chi connectivity index (χ0) is 26.1. The molecule has 0 radical (unpaired) electrons. The van der Waals surface area contributed by atoms with Crippen LogP contribution in [0, 0.1) is 17.7 Å². The molecule has 1 heterocycles. The van der Waals surface area contributed by atoms with Crippen molar-refractivity contribution in [1.82, 2.24) is 15.2 Å². The third kappa shape index (κ3) is 7.46. The highest BCUT2D eigenvalue weighted by Crippen LogP contribution is 2.41. The molecule has 2 unspecified atom stereocenters. The second-order valence-electron chi connectivity index (χ2n) is 10.3. The Balaban J connectivity index is 1.66. The first kappa shape index (κ1) is 28.5. The van der Waals surface area contributed by atoms with Gasteiger partial charge < -0.3 is 20.4 Å². The number of hydrazine groups is 1. The number of nitrogens with zero attached hydrogens (tertiary/aromatic N) is 2. The number of likely N-dealkylation sites (tertiary alicyclic amines) is 1. The molecule has 2 aliphatic rings. The van der Waals surface area contributed by atoms with Gasteiger partial charge in [-0.1, -0.05) is 55.8 Å². The average Bonchev–Trinajstić information content (AvgIpc) is 2.88. The van der Waals surface area contributed by atoms with E-state index in [1.54, 1.807) is 11.0 Å². The Morgan fingerprint density at radius 2 is 1.94 bits per heavy atom. The van der Waals surface area contributed by atoms with E-state index < -0.39 is 23.4 Å². The van der Waals surface area contributed by atoms with Crippen molar-refractivity contribution in [2.75, 3.05) is 26.2 Å². The van der Waals surface area contributed by atoms with E-state index >= 15 is 4.39 Å². The van der Waals surface area contributed by atoms with Crippen LogP contribution < -0.4 is 11.2 Å². The Morgan fingerprint density at radius 1 is 1.19 bits per heavy atom. The SMILES string of the molecule is NN(CCCC1CCCCC1)C(=O)N1CCCC(C(O)(CCCNC(=O)O)c2cccc(Cl)c2F)C1. The fourth-order valence-corrected chi connectivity index (χ4v) is 5.97.